The predicted octanol–water partition coefficient (Wildman–Crippen LogP) is 2.50. The smallest absolute Gasteiger partial charge is 0.251 e. The Morgan fingerprint density at radius 2 is 1.67 bits per heavy atom. The number of aromatic nitrogens is 4. The monoisotopic (exact) mass is 505 g/mol. The third-order valence-electron chi connectivity index (χ3n) is 6.47. The Morgan fingerprint density at radius 3 is 2.28 bits per heavy atom. The third-order valence-corrected chi connectivity index (χ3v) is 8.51. The van der Waals surface area contributed by atoms with Crippen molar-refractivity contribution in [2.24, 2.45) is 5.73 Å². The van der Waals surface area contributed by atoms with Crippen LogP contribution in [0.3, 0.4) is 0 Å². The molecule has 0 aliphatic rings. The van der Waals surface area contributed by atoms with Gasteiger partial charge < -0.3 is 10.3 Å². The molecule has 1 amide bonds. The van der Waals surface area contributed by atoms with Crippen LogP contribution in [0.1, 0.15) is 18.9 Å². The van der Waals surface area contributed by atoms with Crippen molar-refractivity contribution < 1.29 is 13.2 Å². The van der Waals surface area contributed by atoms with E-state index in [0.29, 0.717) is 6.54 Å². The summed E-state index contributed by atoms with van der Waals surface area (Å²) in [5.41, 5.74) is 9.55. The van der Waals surface area contributed by atoms with Crippen molar-refractivity contribution in [3.05, 3.63) is 95.0 Å². The quantitative estimate of drug-likeness (QED) is 0.372. The van der Waals surface area contributed by atoms with Gasteiger partial charge in [0.25, 0.3) is 5.56 Å². The zero-order valence-electron chi connectivity index (χ0n) is 20.0. The fourth-order valence-corrected chi connectivity index (χ4v) is 4.71. The maximum Gasteiger partial charge on any atom is 0.251 e. The molecule has 0 saturated carbocycles. The number of rotatable bonds is 9. The SMILES string of the molecule is CC(CCn1ccc(-c2ccc(-c3cnnn3Cc3ccccc3)cc2)cc1=O)(C(N)=O)S(C)(=O)=O. The van der Waals surface area contributed by atoms with Gasteiger partial charge >= 0.3 is 0 Å². The molecule has 0 aliphatic carbocycles. The number of carbonyl (C=O) groups is 1. The molecule has 2 N–H and O–H groups in total. The van der Waals surface area contributed by atoms with Gasteiger partial charge in [-0.15, -0.1) is 5.10 Å². The van der Waals surface area contributed by atoms with Crippen LogP contribution in [0.5, 0.6) is 0 Å². The molecule has 0 aliphatic heterocycles. The van der Waals surface area contributed by atoms with E-state index in [-0.39, 0.29) is 18.5 Å². The topological polar surface area (TPSA) is 130 Å². The van der Waals surface area contributed by atoms with Gasteiger partial charge in [-0.2, -0.15) is 0 Å². The minimum absolute atomic E-state index is 0.0446. The minimum atomic E-state index is -3.74. The van der Waals surface area contributed by atoms with Crippen LogP contribution in [0.25, 0.3) is 22.4 Å². The van der Waals surface area contributed by atoms with Crippen LogP contribution in [-0.2, 0) is 27.7 Å². The lowest BCUT2D eigenvalue weighted by Gasteiger charge is -2.24. The summed E-state index contributed by atoms with van der Waals surface area (Å²) in [7, 11) is -3.74. The number of hydrogen-bond donors (Lipinski definition) is 1. The zero-order chi connectivity index (χ0) is 25.9. The molecule has 0 saturated heterocycles. The van der Waals surface area contributed by atoms with E-state index in [1.807, 2.05) is 59.3 Å². The summed E-state index contributed by atoms with van der Waals surface area (Å²) in [6.45, 7) is 1.93. The second-order valence-electron chi connectivity index (χ2n) is 8.90. The van der Waals surface area contributed by atoms with Crippen LogP contribution in [0.4, 0.5) is 0 Å². The Balaban J connectivity index is 1.51. The van der Waals surface area contributed by atoms with Crippen LogP contribution in [0.2, 0.25) is 0 Å². The molecule has 0 fully saturated rings. The number of sulfone groups is 1. The van der Waals surface area contributed by atoms with E-state index in [0.717, 1.165) is 34.2 Å². The van der Waals surface area contributed by atoms with Crippen molar-refractivity contribution in [2.75, 3.05) is 6.26 Å². The number of nitrogens with two attached hydrogens (primary N) is 1. The fraction of sp³-hybridized carbons (Fsp3) is 0.231. The molecular formula is C26H27N5O4S. The summed E-state index contributed by atoms with van der Waals surface area (Å²) in [4.78, 5) is 24.5. The molecule has 4 rings (SSSR count). The van der Waals surface area contributed by atoms with E-state index in [4.69, 9.17) is 5.73 Å². The van der Waals surface area contributed by atoms with Crippen molar-refractivity contribution in [2.45, 2.75) is 31.2 Å². The van der Waals surface area contributed by atoms with Crippen molar-refractivity contribution >= 4 is 15.7 Å². The lowest BCUT2D eigenvalue weighted by molar-refractivity contribution is -0.120. The first-order chi connectivity index (χ1) is 17.1. The second kappa shape index (κ2) is 9.90. The minimum Gasteiger partial charge on any atom is -0.368 e. The van der Waals surface area contributed by atoms with Gasteiger partial charge in [-0.1, -0.05) is 59.8 Å². The molecule has 2 aromatic heterocycles. The van der Waals surface area contributed by atoms with Crippen molar-refractivity contribution in [3.8, 4) is 22.4 Å². The van der Waals surface area contributed by atoms with Gasteiger partial charge in [0, 0.05) is 30.6 Å². The normalized spacial score (nSPS) is 13.3. The Kier molecular flexibility index (Phi) is 6.89. The molecule has 1 atom stereocenters. The van der Waals surface area contributed by atoms with E-state index in [1.54, 1.807) is 18.5 Å². The number of aryl methyl sites for hydroxylation is 1. The van der Waals surface area contributed by atoms with Crippen molar-refractivity contribution in [1.29, 1.82) is 0 Å². The van der Waals surface area contributed by atoms with Crippen LogP contribution >= 0.6 is 0 Å². The lowest BCUT2D eigenvalue weighted by Crippen LogP contribution is -2.48. The van der Waals surface area contributed by atoms with Gasteiger partial charge in [0.2, 0.25) is 5.91 Å². The number of benzene rings is 2. The number of nitrogens with zero attached hydrogens (tertiary/aromatic N) is 4. The molecule has 186 valence electrons. The summed E-state index contributed by atoms with van der Waals surface area (Å²) in [5, 5.41) is 8.27. The highest BCUT2D eigenvalue weighted by Gasteiger charge is 2.41. The summed E-state index contributed by atoms with van der Waals surface area (Å²) in [6.07, 6.45) is 4.18. The molecule has 2 aromatic carbocycles. The van der Waals surface area contributed by atoms with E-state index in [2.05, 4.69) is 10.3 Å². The first-order valence-corrected chi connectivity index (χ1v) is 13.2. The van der Waals surface area contributed by atoms with Gasteiger partial charge in [-0.05, 0) is 36.1 Å². The van der Waals surface area contributed by atoms with Crippen LogP contribution in [0.15, 0.2) is 83.9 Å². The fourth-order valence-electron chi connectivity index (χ4n) is 3.89. The molecule has 0 spiro atoms. The van der Waals surface area contributed by atoms with E-state index in [9.17, 15) is 18.0 Å². The Bertz CT molecular complexity index is 1540. The van der Waals surface area contributed by atoms with Gasteiger partial charge in [0.15, 0.2) is 9.84 Å². The standard InChI is InChI=1S/C26H27N5O4S/c1-26(25(27)33,36(2,34)35)13-15-30-14-12-22(16-24(30)32)20-8-10-21(11-9-20)23-17-28-29-31(23)18-19-6-4-3-5-7-19/h3-12,14,16-17H,13,15,18H2,1-2H3,(H2,27,33). The Hall–Kier alpha value is -4.05. The summed E-state index contributed by atoms with van der Waals surface area (Å²) in [6, 6.07) is 21.0. The highest BCUT2D eigenvalue weighted by Crippen LogP contribution is 2.25. The predicted molar refractivity (Wildman–Crippen MR) is 138 cm³/mol. The van der Waals surface area contributed by atoms with Gasteiger partial charge in [-0.25, -0.2) is 13.1 Å². The van der Waals surface area contributed by atoms with Gasteiger partial charge in [-0.3, -0.25) is 9.59 Å². The Morgan fingerprint density at radius 1 is 1.00 bits per heavy atom. The number of hydrogen-bond acceptors (Lipinski definition) is 6. The van der Waals surface area contributed by atoms with Gasteiger partial charge in [0.1, 0.15) is 4.75 Å². The zero-order valence-corrected chi connectivity index (χ0v) is 20.9. The molecule has 36 heavy (non-hydrogen) atoms. The largest absolute Gasteiger partial charge is 0.368 e. The molecule has 9 nitrogen and oxygen atoms in total. The summed E-state index contributed by atoms with van der Waals surface area (Å²) in [5.74, 6) is -0.935. The molecule has 2 heterocycles. The highest BCUT2D eigenvalue weighted by molar-refractivity contribution is 7.92. The van der Waals surface area contributed by atoms with Crippen LogP contribution in [0, 0.1) is 0 Å². The van der Waals surface area contributed by atoms with Crippen LogP contribution in [-0.4, -0.2) is 44.9 Å². The van der Waals surface area contributed by atoms with E-state index in [1.165, 1.54) is 17.6 Å². The average molecular weight is 506 g/mol. The Labute approximate surface area is 209 Å². The maximum absolute atomic E-state index is 12.7. The first kappa shape index (κ1) is 25.1. The maximum atomic E-state index is 12.7. The molecule has 4 aromatic rings. The number of amides is 1. The number of pyridine rings is 1. The first-order valence-electron chi connectivity index (χ1n) is 11.3. The lowest BCUT2D eigenvalue weighted by atomic mass is 10.0. The summed E-state index contributed by atoms with van der Waals surface area (Å²) < 4.78 is 25.6. The number of primary amides is 1. The third kappa shape index (κ3) is 5.13. The van der Waals surface area contributed by atoms with Gasteiger partial charge in [0.05, 0.1) is 18.4 Å². The van der Waals surface area contributed by atoms with Crippen molar-refractivity contribution in [1.82, 2.24) is 19.6 Å². The molecular weight excluding hydrogens is 478 g/mol. The molecule has 0 radical (unpaired) electrons. The van der Waals surface area contributed by atoms with E-state index >= 15 is 0 Å². The second-order valence-corrected chi connectivity index (χ2v) is 11.3. The summed E-state index contributed by atoms with van der Waals surface area (Å²) >= 11 is 0. The number of carbonyl (C=O) groups excluding carboxylic acids is 1. The van der Waals surface area contributed by atoms with E-state index < -0.39 is 20.5 Å². The highest BCUT2D eigenvalue weighted by atomic mass is 32.2. The molecule has 10 heteroatoms. The molecule has 1 unspecified atom stereocenters. The molecule has 0 bridgehead atoms. The van der Waals surface area contributed by atoms with Crippen molar-refractivity contribution in [3.63, 3.8) is 0 Å². The average Bonchev–Trinajstić information content (AvgIpc) is 3.31. The van der Waals surface area contributed by atoms with Crippen LogP contribution < -0.4 is 11.3 Å².